The third-order valence-electron chi connectivity index (χ3n) is 3.31. The summed E-state index contributed by atoms with van der Waals surface area (Å²) in [5, 5.41) is 12.1. The molecule has 1 fully saturated rings. The lowest BCUT2D eigenvalue weighted by Crippen LogP contribution is -2.38. The molecule has 116 valence electrons. The first-order valence-electron chi connectivity index (χ1n) is 6.70. The van der Waals surface area contributed by atoms with Gasteiger partial charge in [0.25, 0.3) is 10.0 Å². The van der Waals surface area contributed by atoms with Gasteiger partial charge in [-0.05, 0) is 12.3 Å². The molecule has 1 atom stereocenters. The number of rotatable bonds is 8. The number of sulfonamides is 1. The molecule has 0 heterocycles. The van der Waals surface area contributed by atoms with Crippen molar-refractivity contribution in [2.24, 2.45) is 10.3 Å². The number of aliphatic carboxylic acids is 1. The van der Waals surface area contributed by atoms with Crippen LogP contribution in [0.5, 0.6) is 0 Å². The highest BCUT2D eigenvalue weighted by atomic mass is 32.2. The summed E-state index contributed by atoms with van der Waals surface area (Å²) in [5.41, 5.74) is 1.22. The number of nitrogens with zero attached hydrogens (tertiary/aromatic N) is 1. The first kappa shape index (κ1) is 17.5. The van der Waals surface area contributed by atoms with Crippen molar-refractivity contribution >= 4 is 33.3 Å². The number of carboxylic acids is 1. The van der Waals surface area contributed by atoms with Crippen molar-refractivity contribution in [1.29, 1.82) is 0 Å². The highest BCUT2D eigenvalue weighted by Crippen LogP contribution is 2.27. The molecule has 0 bridgehead atoms. The Morgan fingerprint density at radius 2 is 2.10 bits per heavy atom. The van der Waals surface area contributed by atoms with Gasteiger partial charge in [0.2, 0.25) is 0 Å². The van der Waals surface area contributed by atoms with Crippen molar-refractivity contribution in [2.45, 2.75) is 44.6 Å². The minimum Gasteiger partial charge on any atom is -0.480 e. The third-order valence-corrected chi connectivity index (χ3v) is 4.52. The normalized spacial score (nSPS) is 19.2. The van der Waals surface area contributed by atoms with Crippen LogP contribution in [0.15, 0.2) is 4.40 Å². The summed E-state index contributed by atoms with van der Waals surface area (Å²) in [4.78, 5) is 11.2. The summed E-state index contributed by atoms with van der Waals surface area (Å²) < 4.78 is 24.9. The Labute approximate surface area is 124 Å². The second kappa shape index (κ2) is 8.63. The van der Waals surface area contributed by atoms with Gasteiger partial charge in [0.05, 0.1) is 11.8 Å². The Bertz CT molecular complexity index is 431. The largest absolute Gasteiger partial charge is 0.480 e. The van der Waals surface area contributed by atoms with E-state index in [1.165, 1.54) is 24.8 Å². The molecule has 8 heteroatoms. The van der Waals surface area contributed by atoms with Gasteiger partial charge in [0.1, 0.15) is 6.04 Å². The van der Waals surface area contributed by atoms with Crippen LogP contribution in [0.25, 0.3) is 0 Å². The summed E-state index contributed by atoms with van der Waals surface area (Å²) in [6.07, 6.45) is 7.49. The summed E-state index contributed by atoms with van der Waals surface area (Å²) in [6.45, 7) is 0. The van der Waals surface area contributed by atoms with E-state index in [1.807, 2.05) is 0 Å². The molecule has 0 aliphatic heterocycles. The Kier molecular flexibility index (Phi) is 7.53. The molecule has 0 saturated heterocycles. The zero-order chi connectivity index (χ0) is 15.0. The number of hydrogen-bond donors (Lipinski definition) is 2. The van der Waals surface area contributed by atoms with Gasteiger partial charge in [-0.25, -0.2) is 8.42 Å². The molecule has 2 N–H and O–H groups in total. The van der Waals surface area contributed by atoms with E-state index in [1.54, 1.807) is 0 Å². The van der Waals surface area contributed by atoms with Crippen molar-refractivity contribution in [2.75, 3.05) is 12.1 Å². The van der Waals surface area contributed by atoms with Gasteiger partial charge in [-0.3, -0.25) is 10.1 Å². The number of thioether (sulfide) groups is 1. The van der Waals surface area contributed by atoms with Crippen LogP contribution in [-0.2, 0) is 14.8 Å². The van der Waals surface area contributed by atoms with Crippen molar-refractivity contribution in [3.8, 4) is 0 Å². The van der Waals surface area contributed by atoms with Gasteiger partial charge in [-0.2, -0.15) is 4.40 Å². The number of hydrogen-bond acceptors (Lipinski definition) is 5. The summed E-state index contributed by atoms with van der Waals surface area (Å²) in [6, 6.07) is -0.572. The molecule has 0 amide bonds. The minimum atomic E-state index is -3.36. The van der Waals surface area contributed by atoms with Crippen molar-refractivity contribution in [1.82, 2.24) is 5.32 Å². The molecule has 1 unspecified atom stereocenters. The molecular weight excluding hydrogens is 300 g/mol. The van der Waals surface area contributed by atoms with Gasteiger partial charge in [-0.1, -0.05) is 43.9 Å². The van der Waals surface area contributed by atoms with E-state index in [9.17, 15) is 18.3 Å². The molecule has 1 aliphatic rings. The van der Waals surface area contributed by atoms with E-state index in [-0.39, 0.29) is 0 Å². The lowest BCUT2D eigenvalue weighted by molar-refractivity contribution is -0.139. The van der Waals surface area contributed by atoms with Crippen LogP contribution in [-0.4, -0.2) is 43.2 Å². The zero-order valence-electron chi connectivity index (χ0n) is 11.6. The van der Waals surface area contributed by atoms with Gasteiger partial charge in [-0.15, -0.1) is 0 Å². The standard InChI is InChI=1S/C12H22N2O4S2/c1-20(17,18)14-9-19-8-13-11(12(15)16)7-10-5-3-2-4-6-10/h9-11,13H,2-8H2,1H3,(H,15,16). The number of carboxylic acid groups (broad SMARTS) is 1. The Hall–Kier alpha value is -0.600. The maximum atomic E-state index is 11.2. The molecule has 0 aromatic rings. The lowest BCUT2D eigenvalue weighted by Gasteiger charge is -2.24. The number of nitrogens with one attached hydrogen (secondary N) is 1. The van der Waals surface area contributed by atoms with Gasteiger partial charge in [0, 0.05) is 5.88 Å². The fourth-order valence-electron chi connectivity index (χ4n) is 2.32. The molecule has 0 spiro atoms. The molecule has 6 nitrogen and oxygen atoms in total. The summed E-state index contributed by atoms with van der Waals surface area (Å²) in [7, 11) is -3.36. The maximum absolute atomic E-state index is 11.2. The quantitative estimate of drug-likeness (QED) is 0.305. The SMILES string of the molecule is CS(=O)(=O)N=CSCNC(CC1CCCCC1)C(=O)O. The average Bonchev–Trinajstić information content (AvgIpc) is 2.36. The highest BCUT2D eigenvalue weighted by molar-refractivity contribution is 8.12. The van der Waals surface area contributed by atoms with Crippen LogP contribution in [0.3, 0.4) is 0 Å². The topological polar surface area (TPSA) is 95.8 Å². The van der Waals surface area contributed by atoms with E-state index in [4.69, 9.17) is 0 Å². The highest BCUT2D eigenvalue weighted by Gasteiger charge is 2.23. The fourth-order valence-corrected chi connectivity index (χ4v) is 3.56. The Morgan fingerprint density at radius 1 is 1.45 bits per heavy atom. The molecule has 0 aromatic carbocycles. The predicted octanol–water partition coefficient (Wildman–Crippen LogP) is 1.68. The molecule has 0 aromatic heterocycles. The Balaban J connectivity index is 2.32. The molecule has 1 saturated carbocycles. The smallest absolute Gasteiger partial charge is 0.320 e. The Morgan fingerprint density at radius 3 is 2.65 bits per heavy atom. The molecule has 0 radical (unpaired) electrons. The van der Waals surface area contributed by atoms with E-state index in [0.29, 0.717) is 18.2 Å². The predicted molar refractivity (Wildman–Crippen MR) is 81.5 cm³/mol. The van der Waals surface area contributed by atoms with E-state index >= 15 is 0 Å². The summed E-state index contributed by atoms with van der Waals surface area (Å²) in [5.74, 6) is -0.0360. The fraction of sp³-hybridized carbons (Fsp3) is 0.833. The van der Waals surface area contributed by atoms with Gasteiger partial charge >= 0.3 is 5.97 Å². The zero-order valence-corrected chi connectivity index (χ0v) is 13.3. The average molecular weight is 322 g/mol. The van der Waals surface area contributed by atoms with E-state index in [0.717, 1.165) is 30.9 Å². The second-order valence-electron chi connectivity index (χ2n) is 5.09. The molecule has 1 aliphatic carbocycles. The molecular formula is C12H22N2O4S2. The first-order chi connectivity index (χ1) is 9.38. The van der Waals surface area contributed by atoms with E-state index < -0.39 is 22.0 Å². The molecule has 20 heavy (non-hydrogen) atoms. The third kappa shape index (κ3) is 7.86. The number of carbonyl (C=O) groups is 1. The van der Waals surface area contributed by atoms with Crippen LogP contribution in [0.2, 0.25) is 0 Å². The van der Waals surface area contributed by atoms with E-state index in [2.05, 4.69) is 9.71 Å². The van der Waals surface area contributed by atoms with Crippen LogP contribution in [0, 0.1) is 5.92 Å². The van der Waals surface area contributed by atoms with Crippen LogP contribution < -0.4 is 5.32 Å². The van der Waals surface area contributed by atoms with Crippen LogP contribution >= 0.6 is 11.8 Å². The van der Waals surface area contributed by atoms with Gasteiger partial charge < -0.3 is 5.11 Å². The van der Waals surface area contributed by atoms with Gasteiger partial charge in [0.15, 0.2) is 0 Å². The summed E-state index contributed by atoms with van der Waals surface area (Å²) >= 11 is 1.14. The lowest BCUT2D eigenvalue weighted by atomic mass is 9.85. The van der Waals surface area contributed by atoms with Crippen LogP contribution in [0.4, 0.5) is 0 Å². The molecule has 1 rings (SSSR count). The van der Waals surface area contributed by atoms with Crippen molar-refractivity contribution < 1.29 is 18.3 Å². The minimum absolute atomic E-state index is 0.336. The second-order valence-corrected chi connectivity index (χ2v) is 7.60. The monoisotopic (exact) mass is 322 g/mol. The maximum Gasteiger partial charge on any atom is 0.320 e. The van der Waals surface area contributed by atoms with Crippen molar-refractivity contribution in [3.05, 3.63) is 0 Å². The van der Waals surface area contributed by atoms with Crippen molar-refractivity contribution in [3.63, 3.8) is 0 Å². The first-order valence-corrected chi connectivity index (χ1v) is 9.60. The van der Waals surface area contributed by atoms with Crippen LogP contribution in [0.1, 0.15) is 38.5 Å².